The minimum Gasteiger partial charge on any atom is -0.339 e. The van der Waals surface area contributed by atoms with Crippen molar-refractivity contribution >= 4 is 22.0 Å². The molecule has 1 heterocycles. The molecule has 29 heavy (non-hydrogen) atoms. The first kappa shape index (κ1) is 21.2. The van der Waals surface area contributed by atoms with Gasteiger partial charge in [0.25, 0.3) is 0 Å². The molecule has 1 saturated heterocycles. The lowest BCUT2D eigenvalue weighted by Crippen LogP contribution is -2.54. The zero-order valence-corrected chi connectivity index (χ0v) is 17.4. The van der Waals surface area contributed by atoms with E-state index in [1.807, 2.05) is 18.2 Å². The highest BCUT2D eigenvalue weighted by Gasteiger charge is 2.27. The smallest absolute Gasteiger partial charge is 0.241 e. The molecule has 0 unspecified atom stereocenters. The molecule has 6 nitrogen and oxygen atoms in total. The number of sulfonamides is 1. The van der Waals surface area contributed by atoms with Crippen molar-refractivity contribution in [3.8, 4) is 0 Å². The van der Waals surface area contributed by atoms with E-state index in [4.69, 9.17) is 0 Å². The minimum absolute atomic E-state index is 0.162. The molecule has 7 heteroatoms. The molecular weight excluding hydrogens is 386 g/mol. The van der Waals surface area contributed by atoms with E-state index in [-0.39, 0.29) is 10.8 Å². The quantitative estimate of drug-likeness (QED) is 0.756. The summed E-state index contributed by atoms with van der Waals surface area (Å²) in [5.74, 6) is -0.191. The van der Waals surface area contributed by atoms with E-state index in [1.165, 1.54) is 17.7 Å². The summed E-state index contributed by atoms with van der Waals surface area (Å²) in [5.41, 5.74) is 1.17. The second kappa shape index (κ2) is 9.82. The average Bonchev–Trinajstić information content (AvgIpc) is 2.75. The van der Waals surface area contributed by atoms with E-state index in [9.17, 15) is 13.2 Å². The van der Waals surface area contributed by atoms with Crippen molar-refractivity contribution in [3.63, 3.8) is 0 Å². The molecule has 1 aliphatic rings. The molecule has 0 bridgehead atoms. The number of carbonyl (C=O) groups excluding carboxylic acids is 1. The van der Waals surface area contributed by atoms with Crippen LogP contribution in [0, 0.1) is 0 Å². The molecule has 0 radical (unpaired) electrons. The molecule has 1 N–H and O–H groups in total. The molecule has 1 atom stereocenters. The summed E-state index contributed by atoms with van der Waals surface area (Å²) in [7, 11) is -3.71. The number of hydrogen-bond donors (Lipinski definition) is 1. The van der Waals surface area contributed by atoms with E-state index in [1.54, 1.807) is 30.0 Å². The van der Waals surface area contributed by atoms with Gasteiger partial charge in [0.1, 0.15) is 0 Å². The SMILES string of the molecule is C[C@H](NS(=O)(=O)c1ccccc1)C(=O)N1CCN(C/C=C/c2ccccc2)CC1. The summed E-state index contributed by atoms with van der Waals surface area (Å²) in [4.78, 5) is 16.9. The van der Waals surface area contributed by atoms with Gasteiger partial charge in [-0.3, -0.25) is 9.69 Å². The number of carbonyl (C=O) groups is 1. The van der Waals surface area contributed by atoms with Gasteiger partial charge < -0.3 is 4.90 Å². The van der Waals surface area contributed by atoms with Gasteiger partial charge in [0.15, 0.2) is 0 Å². The lowest BCUT2D eigenvalue weighted by atomic mass is 10.2. The maximum atomic E-state index is 12.7. The third-order valence-corrected chi connectivity index (χ3v) is 6.47. The molecule has 154 valence electrons. The van der Waals surface area contributed by atoms with E-state index in [2.05, 4.69) is 33.9 Å². The van der Waals surface area contributed by atoms with Crippen molar-refractivity contribution in [3.05, 3.63) is 72.3 Å². The van der Waals surface area contributed by atoms with Gasteiger partial charge in [-0.15, -0.1) is 0 Å². The van der Waals surface area contributed by atoms with Gasteiger partial charge in [-0.1, -0.05) is 60.7 Å². The Morgan fingerprint density at radius 3 is 2.21 bits per heavy atom. The molecule has 2 aromatic rings. The fourth-order valence-corrected chi connectivity index (χ4v) is 4.50. The first-order valence-corrected chi connectivity index (χ1v) is 11.2. The summed E-state index contributed by atoms with van der Waals surface area (Å²) in [6, 6.07) is 17.4. The van der Waals surface area contributed by atoms with Crippen molar-refractivity contribution in [1.29, 1.82) is 0 Å². The van der Waals surface area contributed by atoms with E-state index < -0.39 is 16.1 Å². The zero-order valence-electron chi connectivity index (χ0n) is 16.6. The number of nitrogens with one attached hydrogen (secondary N) is 1. The van der Waals surface area contributed by atoms with Crippen molar-refractivity contribution in [2.45, 2.75) is 17.9 Å². The van der Waals surface area contributed by atoms with Gasteiger partial charge in [0.2, 0.25) is 15.9 Å². The summed E-state index contributed by atoms with van der Waals surface area (Å²) >= 11 is 0. The predicted molar refractivity (Wildman–Crippen MR) is 115 cm³/mol. The molecular formula is C22H27N3O3S. The molecule has 0 saturated carbocycles. The molecule has 1 fully saturated rings. The summed E-state index contributed by atoms with van der Waals surface area (Å²) < 4.78 is 27.3. The second-order valence-corrected chi connectivity index (χ2v) is 8.81. The summed E-state index contributed by atoms with van der Waals surface area (Å²) in [6.07, 6.45) is 4.22. The van der Waals surface area contributed by atoms with Crippen LogP contribution in [0.25, 0.3) is 6.08 Å². The van der Waals surface area contributed by atoms with Crippen molar-refractivity contribution in [1.82, 2.24) is 14.5 Å². The molecule has 0 aliphatic carbocycles. The maximum absolute atomic E-state index is 12.7. The predicted octanol–water partition coefficient (Wildman–Crippen LogP) is 2.21. The third kappa shape index (κ3) is 6.00. The molecule has 1 aliphatic heterocycles. The Balaban J connectivity index is 1.47. The highest BCUT2D eigenvalue weighted by Crippen LogP contribution is 2.10. The zero-order chi connectivity index (χ0) is 20.7. The lowest BCUT2D eigenvalue weighted by molar-refractivity contribution is -0.134. The number of benzene rings is 2. The van der Waals surface area contributed by atoms with E-state index in [0.29, 0.717) is 13.1 Å². The van der Waals surface area contributed by atoms with Crippen LogP contribution in [-0.4, -0.2) is 62.9 Å². The van der Waals surface area contributed by atoms with Gasteiger partial charge in [-0.05, 0) is 24.6 Å². The molecule has 3 rings (SSSR count). The molecule has 0 spiro atoms. The van der Waals surface area contributed by atoms with Crippen LogP contribution in [0.1, 0.15) is 12.5 Å². The Bertz CT molecular complexity index is 922. The fourth-order valence-electron chi connectivity index (χ4n) is 3.28. The monoisotopic (exact) mass is 413 g/mol. The summed E-state index contributed by atoms with van der Waals surface area (Å²) in [5, 5.41) is 0. The molecule has 1 amide bonds. The fraction of sp³-hybridized carbons (Fsp3) is 0.318. The van der Waals surface area contributed by atoms with Crippen LogP contribution >= 0.6 is 0 Å². The average molecular weight is 414 g/mol. The largest absolute Gasteiger partial charge is 0.339 e. The van der Waals surface area contributed by atoms with Crippen LogP contribution in [-0.2, 0) is 14.8 Å². The second-order valence-electron chi connectivity index (χ2n) is 7.09. The number of rotatable bonds is 7. The van der Waals surface area contributed by atoms with Crippen LogP contribution in [0.4, 0.5) is 0 Å². The first-order valence-electron chi connectivity index (χ1n) is 9.76. The van der Waals surface area contributed by atoms with E-state index >= 15 is 0 Å². The van der Waals surface area contributed by atoms with Crippen LogP contribution in [0.15, 0.2) is 71.6 Å². The topological polar surface area (TPSA) is 69.7 Å². The standard InChI is InChI=1S/C22H27N3O3S/c1-19(23-29(27,28)21-12-6-3-7-13-21)22(26)25-17-15-24(16-18-25)14-8-11-20-9-4-2-5-10-20/h2-13,19,23H,14-18H2,1H3/b11-8+/t19-/m0/s1. The van der Waals surface area contributed by atoms with Gasteiger partial charge in [-0.25, -0.2) is 8.42 Å². The van der Waals surface area contributed by atoms with Crippen molar-refractivity contribution in [2.75, 3.05) is 32.7 Å². The van der Waals surface area contributed by atoms with Crippen LogP contribution in [0.5, 0.6) is 0 Å². The van der Waals surface area contributed by atoms with E-state index in [0.717, 1.165) is 19.6 Å². The van der Waals surface area contributed by atoms with Gasteiger partial charge >= 0.3 is 0 Å². The number of nitrogens with zero attached hydrogens (tertiary/aromatic N) is 2. The Kier molecular flexibility index (Phi) is 7.19. The Morgan fingerprint density at radius 2 is 1.59 bits per heavy atom. The van der Waals surface area contributed by atoms with Crippen LogP contribution in [0.3, 0.4) is 0 Å². The van der Waals surface area contributed by atoms with Crippen LogP contribution in [0.2, 0.25) is 0 Å². The lowest BCUT2D eigenvalue weighted by Gasteiger charge is -2.35. The number of hydrogen-bond acceptors (Lipinski definition) is 4. The van der Waals surface area contributed by atoms with Gasteiger partial charge in [0.05, 0.1) is 10.9 Å². The Morgan fingerprint density at radius 1 is 1.00 bits per heavy atom. The molecule has 2 aromatic carbocycles. The third-order valence-electron chi connectivity index (χ3n) is 4.91. The van der Waals surface area contributed by atoms with Gasteiger partial charge in [-0.2, -0.15) is 4.72 Å². The maximum Gasteiger partial charge on any atom is 0.241 e. The highest BCUT2D eigenvalue weighted by atomic mass is 32.2. The normalized spacial score (nSPS) is 16.8. The number of piperazine rings is 1. The minimum atomic E-state index is -3.71. The van der Waals surface area contributed by atoms with Gasteiger partial charge in [0, 0.05) is 32.7 Å². The summed E-state index contributed by atoms with van der Waals surface area (Å²) in [6.45, 7) is 5.14. The highest BCUT2D eigenvalue weighted by molar-refractivity contribution is 7.89. The Hall–Kier alpha value is -2.48. The van der Waals surface area contributed by atoms with Crippen LogP contribution < -0.4 is 4.72 Å². The first-order chi connectivity index (χ1) is 14.0. The van der Waals surface area contributed by atoms with Crippen molar-refractivity contribution < 1.29 is 13.2 Å². The molecule has 0 aromatic heterocycles. The number of amides is 1. The Labute approximate surface area is 172 Å². The van der Waals surface area contributed by atoms with Crippen molar-refractivity contribution in [2.24, 2.45) is 0 Å².